The second kappa shape index (κ2) is 6.50. The molecule has 0 fully saturated rings. The van der Waals surface area contributed by atoms with Crippen LogP contribution in [-0.2, 0) is 22.7 Å². The van der Waals surface area contributed by atoms with Gasteiger partial charge in [-0.05, 0) is 40.6 Å². The smallest absolute Gasteiger partial charge is 0.425 e. The molecule has 1 N–H and O–H groups in total. The molecule has 4 nitrogen and oxygen atoms in total. The van der Waals surface area contributed by atoms with E-state index in [9.17, 15) is 21.6 Å². The molecule has 1 heterocycles. The lowest BCUT2D eigenvalue weighted by Crippen LogP contribution is -2.11. The van der Waals surface area contributed by atoms with E-state index in [1.807, 2.05) is 0 Å². The second-order valence-corrected chi connectivity index (χ2v) is 7.17. The van der Waals surface area contributed by atoms with Crippen LogP contribution in [0.15, 0.2) is 29.6 Å². The Bertz CT molecular complexity index is 777. The van der Waals surface area contributed by atoms with Gasteiger partial charge in [0.05, 0.1) is 12.9 Å². The fourth-order valence-electron chi connectivity index (χ4n) is 2.11. The Hall–Kier alpha value is -1.58. The van der Waals surface area contributed by atoms with Crippen LogP contribution in [-0.4, -0.2) is 25.8 Å². The maximum absolute atomic E-state index is 13.1. The topological polar surface area (TPSA) is 63.6 Å². The van der Waals surface area contributed by atoms with Crippen molar-refractivity contribution in [3.05, 3.63) is 40.1 Å². The normalized spacial score (nSPS) is 12.4. The number of halogens is 3. The van der Waals surface area contributed by atoms with Gasteiger partial charge in [-0.1, -0.05) is 12.1 Å². The zero-order valence-corrected chi connectivity index (χ0v) is 13.6. The van der Waals surface area contributed by atoms with Gasteiger partial charge in [0.1, 0.15) is 10.6 Å². The molecule has 9 heteroatoms. The van der Waals surface area contributed by atoms with E-state index in [1.165, 1.54) is 12.5 Å². The quantitative estimate of drug-likeness (QED) is 0.816. The summed E-state index contributed by atoms with van der Waals surface area (Å²) in [5.41, 5.74) is 0.682. The van der Waals surface area contributed by atoms with Crippen molar-refractivity contribution in [2.75, 3.05) is 12.9 Å². The number of rotatable bonds is 5. The van der Waals surface area contributed by atoms with Crippen LogP contribution in [0, 0.1) is 0 Å². The van der Waals surface area contributed by atoms with E-state index in [0.29, 0.717) is 28.2 Å². The predicted molar refractivity (Wildman–Crippen MR) is 81.4 cm³/mol. The minimum atomic E-state index is -4.58. The number of alkyl halides is 3. The van der Waals surface area contributed by atoms with Crippen molar-refractivity contribution in [2.24, 2.45) is 0 Å². The summed E-state index contributed by atoms with van der Waals surface area (Å²) in [6, 6.07) is 6.40. The molecule has 0 amide bonds. The highest BCUT2D eigenvalue weighted by Crippen LogP contribution is 2.42. The van der Waals surface area contributed by atoms with Gasteiger partial charge in [0.2, 0.25) is 0 Å². The Morgan fingerprint density at radius 2 is 1.83 bits per heavy atom. The molecule has 0 radical (unpaired) electrons. The molecule has 126 valence electrons. The van der Waals surface area contributed by atoms with Gasteiger partial charge in [0.15, 0.2) is 0 Å². The maximum Gasteiger partial charge on any atom is 0.425 e. The molecule has 0 saturated heterocycles. The molecular weight excluding hydrogens is 353 g/mol. The van der Waals surface area contributed by atoms with Crippen LogP contribution >= 0.6 is 11.3 Å². The molecule has 0 aliphatic rings. The van der Waals surface area contributed by atoms with Gasteiger partial charge in [0, 0.05) is 0 Å². The summed E-state index contributed by atoms with van der Waals surface area (Å²) in [4.78, 5) is -0.855. The highest BCUT2D eigenvalue weighted by Gasteiger charge is 2.36. The van der Waals surface area contributed by atoms with Gasteiger partial charge < -0.3 is 4.74 Å². The standard InChI is InChI=1S/C14H13F3O4S2/c1-21-10-4-2-9(3-5-10)12-8-22-13(14(15,16)17)11(12)6-7-23(18,19)20/h2-5,8H,6-7H2,1H3,(H,18,19,20). The van der Waals surface area contributed by atoms with Crippen LogP contribution in [0.2, 0.25) is 0 Å². The van der Waals surface area contributed by atoms with Crippen molar-refractivity contribution in [2.45, 2.75) is 12.6 Å². The van der Waals surface area contributed by atoms with Crippen molar-refractivity contribution in [3.63, 3.8) is 0 Å². The first kappa shape index (κ1) is 17.8. The molecule has 0 saturated carbocycles. The van der Waals surface area contributed by atoms with Crippen molar-refractivity contribution in [1.29, 1.82) is 0 Å². The Morgan fingerprint density at radius 1 is 1.22 bits per heavy atom. The van der Waals surface area contributed by atoms with Crippen LogP contribution < -0.4 is 4.74 Å². The fourth-order valence-corrected chi connectivity index (χ4v) is 3.58. The Kier molecular flexibility index (Phi) is 5.02. The summed E-state index contributed by atoms with van der Waals surface area (Å²) in [5, 5.41) is 1.34. The Balaban J connectivity index is 2.47. The molecule has 0 aliphatic carbocycles. The summed E-state index contributed by atoms with van der Waals surface area (Å²) < 4.78 is 74.9. The molecule has 2 aromatic rings. The van der Waals surface area contributed by atoms with Crippen LogP contribution in [0.5, 0.6) is 5.75 Å². The molecule has 1 aromatic carbocycles. The molecule has 0 spiro atoms. The van der Waals surface area contributed by atoms with Crippen molar-refractivity contribution in [3.8, 4) is 16.9 Å². The SMILES string of the molecule is COc1ccc(-c2csc(C(F)(F)F)c2CCS(=O)(=O)O)cc1. The van der Waals surface area contributed by atoms with Crippen molar-refractivity contribution in [1.82, 2.24) is 0 Å². The van der Waals surface area contributed by atoms with Crippen LogP contribution in [0.1, 0.15) is 10.4 Å². The zero-order chi connectivity index (χ0) is 17.3. The third kappa shape index (κ3) is 4.46. The summed E-state index contributed by atoms with van der Waals surface area (Å²) in [6.45, 7) is 0. The zero-order valence-electron chi connectivity index (χ0n) is 11.9. The van der Waals surface area contributed by atoms with Crippen LogP contribution in [0.4, 0.5) is 13.2 Å². The van der Waals surface area contributed by atoms with Crippen molar-refractivity contribution < 1.29 is 30.9 Å². The highest BCUT2D eigenvalue weighted by atomic mass is 32.2. The molecule has 1 aromatic heterocycles. The number of benzene rings is 1. The first-order chi connectivity index (χ1) is 10.6. The number of methoxy groups -OCH3 is 1. The Labute approximate surface area is 135 Å². The largest absolute Gasteiger partial charge is 0.497 e. The van der Waals surface area contributed by atoms with E-state index in [2.05, 4.69) is 0 Å². The molecule has 0 atom stereocenters. The summed E-state index contributed by atoms with van der Waals surface area (Å²) in [7, 11) is -2.88. The minimum Gasteiger partial charge on any atom is -0.497 e. The van der Waals surface area contributed by atoms with E-state index in [0.717, 1.165) is 0 Å². The molecule has 0 bridgehead atoms. The van der Waals surface area contributed by atoms with E-state index < -0.39 is 33.3 Å². The average Bonchev–Trinajstić information content (AvgIpc) is 2.88. The van der Waals surface area contributed by atoms with Crippen LogP contribution in [0.3, 0.4) is 0 Å². The number of thiophene rings is 1. The van der Waals surface area contributed by atoms with Gasteiger partial charge in [0.25, 0.3) is 10.1 Å². The van der Waals surface area contributed by atoms with Gasteiger partial charge in [-0.3, -0.25) is 4.55 Å². The van der Waals surface area contributed by atoms with Gasteiger partial charge >= 0.3 is 6.18 Å². The highest BCUT2D eigenvalue weighted by molar-refractivity contribution is 7.85. The summed E-state index contributed by atoms with van der Waals surface area (Å²) >= 11 is 0.506. The van der Waals surface area contributed by atoms with Gasteiger partial charge in [-0.2, -0.15) is 21.6 Å². The molecule has 23 heavy (non-hydrogen) atoms. The maximum atomic E-state index is 13.1. The predicted octanol–water partition coefficient (Wildman–Crippen LogP) is 3.87. The number of hydrogen-bond acceptors (Lipinski definition) is 4. The Morgan fingerprint density at radius 3 is 2.30 bits per heavy atom. The lowest BCUT2D eigenvalue weighted by Gasteiger charge is -2.10. The lowest BCUT2D eigenvalue weighted by molar-refractivity contribution is -0.134. The molecular formula is C14H13F3O4S2. The minimum absolute atomic E-state index is 0.134. The van der Waals surface area contributed by atoms with E-state index in [-0.39, 0.29) is 5.56 Å². The third-order valence-corrected chi connectivity index (χ3v) is 4.95. The van der Waals surface area contributed by atoms with Crippen molar-refractivity contribution >= 4 is 21.5 Å². The molecule has 0 aliphatic heterocycles. The molecule has 0 unspecified atom stereocenters. The fraction of sp³-hybridized carbons (Fsp3) is 0.286. The average molecular weight is 366 g/mol. The van der Waals surface area contributed by atoms with Gasteiger partial charge in [-0.15, -0.1) is 11.3 Å². The van der Waals surface area contributed by atoms with Gasteiger partial charge in [-0.25, -0.2) is 0 Å². The van der Waals surface area contributed by atoms with E-state index in [4.69, 9.17) is 9.29 Å². The number of ether oxygens (including phenoxy) is 1. The molecule has 2 rings (SSSR count). The third-order valence-electron chi connectivity index (χ3n) is 3.16. The van der Waals surface area contributed by atoms with Crippen LogP contribution in [0.25, 0.3) is 11.1 Å². The monoisotopic (exact) mass is 366 g/mol. The number of hydrogen-bond donors (Lipinski definition) is 1. The second-order valence-electron chi connectivity index (χ2n) is 4.72. The first-order valence-corrected chi connectivity index (χ1v) is 8.88. The van der Waals surface area contributed by atoms with E-state index in [1.54, 1.807) is 24.3 Å². The summed E-state index contributed by atoms with van der Waals surface area (Å²) in [6.07, 6.45) is -5.00. The lowest BCUT2D eigenvalue weighted by atomic mass is 10.0. The first-order valence-electron chi connectivity index (χ1n) is 6.39. The van der Waals surface area contributed by atoms with E-state index >= 15 is 0 Å². The summed E-state index contributed by atoms with van der Waals surface area (Å²) in [5.74, 6) is -0.213.